The molecule has 0 spiro atoms. The molecule has 0 amide bonds. The molecule has 3 rings (SSSR count). The van der Waals surface area contributed by atoms with Crippen LogP contribution in [-0.2, 0) is 6.54 Å². The van der Waals surface area contributed by atoms with E-state index in [1.807, 2.05) is 16.7 Å². The fourth-order valence-corrected chi connectivity index (χ4v) is 2.77. The minimum atomic E-state index is -0.633. The molecule has 8 heteroatoms. The third kappa shape index (κ3) is 2.87. The van der Waals surface area contributed by atoms with E-state index < -0.39 is 5.56 Å². The molecule has 0 fully saturated rings. The number of hydrogen-bond acceptors (Lipinski definition) is 6. The first-order valence-corrected chi connectivity index (χ1v) is 7.58. The summed E-state index contributed by atoms with van der Waals surface area (Å²) in [6.07, 6.45) is 5.13. The van der Waals surface area contributed by atoms with E-state index >= 15 is 0 Å². The number of H-pyrrole nitrogens is 1. The SMILES string of the molecule is COc1ccc(-c2c(C#N)c(N)[nH]c(=O)c2C#N)cc1Cn1ccnc1. The zero-order valence-electron chi connectivity index (χ0n) is 13.9. The van der Waals surface area contributed by atoms with Gasteiger partial charge in [-0.15, -0.1) is 0 Å². The van der Waals surface area contributed by atoms with Gasteiger partial charge in [-0.05, 0) is 17.7 Å². The van der Waals surface area contributed by atoms with Crippen molar-refractivity contribution in [2.75, 3.05) is 12.8 Å². The van der Waals surface area contributed by atoms with Gasteiger partial charge in [0.15, 0.2) is 0 Å². The zero-order chi connectivity index (χ0) is 18.7. The minimum absolute atomic E-state index is 0.0555. The van der Waals surface area contributed by atoms with Gasteiger partial charge in [0.2, 0.25) is 0 Å². The Morgan fingerprint density at radius 3 is 2.69 bits per heavy atom. The van der Waals surface area contributed by atoms with Crippen LogP contribution in [0, 0.1) is 22.7 Å². The summed E-state index contributed by atoms with van der Waals surface area (Å²) in [6, 6.07) is 9.01. The highest BCUT2D eigenvalue weighted by Crippen LogP contribution is 2.32. The van der Waals surface area contributed by atoms with Crippen LogP contribution in [-0.4, -0.2) is 21.6 Å². The number of nitriles is 2. The van der Waals surface area contributed by atoms with E-state index in [0.29, 0.717) is 17.9 Å². The van der Waals surface area contributed by atoms with E-state index in [-0.39, 0.29) is 22.5 Å². The number of aromatic amines is 1. The maximum atomic E-state index is 12.1. The number of aromatic nitrogens is 3. The molecule has 3 aromatic rings. The number of nitrogens with zero attached hydrogens (tertiary/aromatic N) is 4. The van der Waals surface area contributed by atoms with Gasteiger partial charge in [-0.25, -0.2) is 4.98 Å². The van der Waals surface area contributed by atoms with Crippen LogP contribution in [0.5, 0.6) is 5.75 Å². The Labute approximate surface area is 148 Å². The molecule has 0 aliphatic heterocycles. The predicted molar refractivity (Wildman–Crippen MR) is 94.2 cm³/mol. The topological polar surface area (TPSA) is 134 Å². The average molecular weight is 346 g/mol. The molecule has 8 nitrogen and oxygen atoms in total. The standard InChI is InChI=1S/C18H14N6O2/c1-26-15-3-2-11(6-12(15)9-24-5-4-22-10-24)16-13(7-19)17(21)23-18(25)14(16)8-20/h2-6,10H,9H2,1H3,(H3,21,23,25). The van der Waals surface area contributed by atoms with Crippen molar-refractivity contribution in [1.82, 2.24) is 14.5 Å². The maximum Gasteiger partial charge on any atom is 0.268 e. The lowest BCUT2D eigenvalue weighted by molar-refractivity contribution is 0.408. The average Bonchev–Trinajstić information content (AvgIpc) is 3.14. The first-order valence-electron chi connectivity index (χ1n) is 7.58. The van der Waals surface area contributed by atoms with E-state index in [4.69, 9.17) is 10.5 Å². The Morgan fingerprint density at radius 1 is 1.31 bits per heavy atom. The van der Waals surface area contributed by atoms with Crippen molar-refractivity contribution in [1.29, 1.82) is 10.5 Å². The van der Waals surface area contributed by atoms with Crippen LogP contribution in [0.15, 0.2) is 41.7 Å². The number of nitrogen functional groups attached to an aromatic ring is 1. The fourth-order valence-electron chi connectivity index (χ4n) is 2.77. The van der Waals surface area contributed by atoms with Crippen molar-refractivity contribution in [2.24, 2.45) is 0 Å². The van der Waals surface area contributed by atoms with Gasteiger partial charge < -0.3 is 20.0 Å². The largest absolute Gasteiger partial charge is 0.496 e. The van der Waals surface area contributed by atoms with Crippen LogP contribution in [0.3, 0.4) is 0 Å². The normalized spacial score (nSPS) is 10.1. The number of rotatable bonds is 4. The lowest BCUT2D eigenvalue weighted by Crippen LogP contribution is -2.16. The van der Waals surface area contributed by atoms with E-state index in [0.717, 1.165) is 5.56 Å². The second-order valence-electron chi connectivity index (χ2n) is 5.48. The van der Waals surface area contributed by atoms with Gasteiger partial charge in [0.05, 0.1) is 20.0 Å². The van der Waals surface area contributed by atoms with Crippen molar-refractivity contribution in [3.63, 3.8) is 0 Å². The van der Waals surface area contributed by atoms with Crippen LogP contribution >= 0.6 is 0 Å². The second kappa shape index (κ2) is 6.83. The Hall–Kier alpha value is -4.04. The molecule has 3 N–H and O–H groups in total. The van der Waals surface area contributed by atoms with Gasteiger partial charge in [0, 0.05) is 23.5 Å². The lowest BCUT2D eigenvalue weighted by atomic mass is 9.95. The van der Waals surface area contributed by atoms with E-state index in [9.17, 15) is 15.3 Å². The summed E-state index contributed by atoms with van der Waals surface area (Å²) in [4.78, 5) is 18.4. The van der Waals surface area contributed by atoms with Crippen LogP contribution in [0.4, 0.5) is 5.82 Å². The summed E-state index contributed by atoms with van der Waals surface area (Å²) >= 11 is 0. The van der Waals surface area contributed by atoms with Crippen molar-refractivity contribution in [3.8, 4) is 29.0 Å². The van der Waals surface area contributed by atoms with Gasteiger partial charge in [0.1, 0.15) is 34.8 Å². The third-order valence-corrected chi connectivity index (χ3v) is 3.95. The number of pyridine rings is 1. The molecular formula is C18H14N6O2. The molecule has 2 aromatic heterocycles. The number of nitrogens with two attached hydrogens (primary N) is 1. The van der Waals surface area contributed by atoms with Crippen LogP contribution in [0.25, 0.3) is 11.1 Å². The Morgan fingerprint density at radius 2 is 2.08 bits per heavy atom. The first-order chi connectivity index (χ1) is 12.6. The lowest BCUT2D eigenvalue weighted by Gasteiger charge is -2.13. The van der Waals surface area contributed by atoms with Gasteiger partial charge in [-0.3, -0.25) is 4.79 Å². The molecule has 2 heterocycles. The van der Waals surface area contributed by atoms with Gasteiger partial charge in [0.25, 0.3) is 5.56 Å². The van der Waals surface area contributed by atoms with Gasteiger partial charge >= 0.3 is 0 Å². The molecule has 0 unspecified atom stereocenters. The molecule has 1 aromatic carbocycles. The number of anilines is 1. The van der Waals surface area contributed by atoms with Gasteiger partial charge in [-0.1, -0.05) is 6.07 Å². The summed E-state index contributed by atoms with van der Waals surface area (Å²) in [5.74, 6) is 0.566. The highest BCUT2D eigenvalue weighted by atomic mass is 16.5. The number of nitrogens with one attached hydrogen (secondary N) is 1. The molecule has 0 atom stereocenters. The summed E-state index contributed by atoms with van der Waals surface area (Å²) in [7, 11) is 1.55. The molecule has 0 bridgehead atoms. The van der Waals surface area contributed by atoms with Crippen LogP contribution in [0.1, 0.15) is 16.7 Å². The first kappa shape index (κ1) is 16.8. The number of methoxy groups -OCH3 is 1. The number of imidazole rings is 1. The molecule has 0 radical (unpaired) electrons. The van der Waals surface area contributed by atoms with E-state index in [1.165, 1.54) is 0 Å². The summed E-state index contributed by atoms with van der Waals surface area (Å²) < 4.78 is 7.24. The van der Waals surface area contributed by atoms with Crippen LogP contribution < -0.4 is 16.0 Å². The molecular weight excluding hydrogens is 332 g/mol. The van der Waals surface area contributed by atoms with E-state index in [2.05, 4.69) is 9.97 Å². The Kier molecular flexibility index (Phi) is 4.42. The second-order valence-corrected chi connectivity index (χ2v) is 5.48. The molecule has 128 valence electrons. The highest BCUT2D eigenvalue weighted by Gasteiger charge is 2.19. The zero-order valence-corrected chi connectivity index (χ0v) is 13.9. The van der Waals surface area contributed by atoms with Gasteiger partial charge in [-0.2, -0.15) is 10.5 Å². The van der Waals surface area contributed by atoms with Crippen LogP contribution in [0.2, 0.25) is 0 Å². The summed E-state index contributed by atoms with van der Waals surface area (Å²) in [5, 5.41) is 18.8. The summed E-state index contributed by atoms with van der Waals surface area (Å²) in [6.45, 7) is 0.472. The third-order valence-electron chi connectivity index (χ3n) is 3.95. The Balaban J connectivity index is 2.24. The van der Waals surface area contributed by atoms with Crippen molar-refractivity contribution < 1.29 is 4.74 Å². The molecule has 26 heavy (non-hydrogen) atoms. The number of hydrogen-bond donors (Lipinski definition) is 2. The number of ether oxygens (including phenoxy) is 1. The summed E-state index contributed by atoms with van der Waals surface area (Å²) in [5.41, 5.74) is 6.59. The van der Waals surface area contributed by atoms with Crippen molar-refractivity contribution in [2.45, 2.75) is 6.54 Å². The molecule has 0 aliphatic carbocycles. The monoisotopic (exact) mass is 346 g/mol. The Bertz CT molecular complexity index is 1100. The predicted octanol–water partition coefficient (Wildman–Crippen LogP) is 1.62. The maximum absolute atomic E-state index is 12.1. The molecule has 0 saturated heterocycles. The smallest absolute Gasteiger partial charge is 0.268 e. The van der Waals surface area contributed by atoms with Crippen molar-refractivity contribution in [3.05, 3.63) is 64.0 Å². The quantitative estimate of drug-likeness (QED) is 0.737. The van der Waals surface area contributed by atoms with E-state index in [1.54, 1.807) is 44.0 Å². The fraction of sp³-hybridized carbons (Fsp3) is 0.111. The molecule has 0 saturated carbocycles. The minimum Gasteiger partial charge on any atom is -0.496 e. The van der Waals surface area contributed by atoms with Crippen molar-refractivity contribution >= 4 is 5.82 Å². The molecule has 0 aliphatic rings. The highest BCUT2D eigenvalue weighted by molar-refractivity contribution is 5.80. The number of benzene rings is 1.